The van der Waals surface area contributed by atoms with Crippen molar-refractivity contribution in [1.82, 2.24) is 5.32 Å². The lowest BCUT2D eigenvalue weighted by atomic mass is 10.1. The molecular formula is C20H23BrClNO3. The molecule has 0 aromatic heterocycles. The van der Waals surface area contributed by atoms with E-state index >= 15 is 0 Å². The first-order chi connectivity index (χ1) is 12.7. The van der Waals surface area contributed by atoms with E-state index in [1.165, 1.54) is 0 Å². The highest BCUT2D eigenvalue weighted by molar-refractivity contribution is 9.10. The first-order valence-corrected chi connectivity index (χ1v) is 9.89. The number of halogens is 2. The molecule has 1 heterocycles. The first kappa shape index (κ1) is 19.5. The molecule has 4 nitrogen and oxygen atoms in total. The number of benzene rings is 2. The van der Waals surface area contributed by atoms with Gasteiger partial charge in [0, 0.05) is 34.8 Å². The number of hydrogen-bond acceptors (Lipinski definition) is 4. The van der Waals surface area contributed by atoms with Crippen LogP contribution in [0.1, 0.15) is 24.0 Å². The van der Waals surface area contributed by atoms with E-state index in [1.54, 1.807) is 7.11 Å². The Labute approximate surface area is 167 Å². The maximum absolute atomic E-state index is 6.12. The van der Waals surface area contributed by atoms with Gasteiger partial charge in [0.15, 0.2) is 11.5 Å². The van der Waals surface area contributed by atoms with Crippen LogP contribution >= 0.6 is 27.5 Å². The standard InChI is InChI=1S/C20H23BrClNO3/c1-24-19-8-7-18(21)17(12-23-11-16-6-3-9-25-16)20(19)26-13-14-4-2-5-15(22)10-14/h2,4-5,7-8,10,16,23H,3,6,9,11-13H2,1H3. The van der Waals surface area contributed by atoms with Crippen molar-refractivity contribution in [2.24, 2.45) is 0 Å². The molecule has 6 heteroatoms. The molecule has 1 atom stereocenters. The molecule has 0 saturated carbocycles. The molecule has 140 valence electrons. The van der Waals surface area contributed by atoms with E-state index in [-0.39, 0.29) is 0 Å². The van der Waals surface area contributed by atoms with Crippen LogP contribution in [-0.4, -0.2) is 26.4 Å². The maximum Gasteiger partial charge on any atom is 0.167 e. The Balaban J connectivity index is 1.71. The molecule has 3 rings (SSSR count). The highest BCUT2D eigenvalue weighted by Gasteiger charge is 2.18. The zero-order valence-electron chi connectivity index (χ0n) is 14.8. The smallest absolute Gasteiger partial charge is 0.167 e. The summed E-state index contributed by atoms with van der Waals surface area (Å²) in [5.74, 6) is 1.45. The Morgan fingerprint density at radius 3 is 2.92 bits per heavy atom. The summed E-state index contributed by atoms with van der Waals surface area (Å²) in [6, 6.07) is 11.6. The maximum atomic E-state index is 6.12. The Kier molecular flexibility index (Phi) is 7.20. The van der Waals surface area contributed by atoms with Crippen molar-refractivity contribution in [2.45, 2.75) is 32.1 Å². The van der Waals surface area contributed by atoms with Gasteiger partial charge in [0.05, 0.1) is 13.2 Å². The molecule has 2 aromatic carbocycles. The number of ether oxygens (including phenoxy) is 3. The Morgan fingerprint density at radius 2 is 2.19 bits per heavy atom. The van der Waals surface area contributed by atoms with E-state index < -0.39 is 0 Å². The zero-order valence-corrected chi connectivity index (χ0v) is 17.1. The number of methoxy groups -OCH3 is 1. The summed E-state index contributed by atoms with van der Waals surface area (Å²) >= 11 is 9.70. The van der Waals surface area contributed by atoms with Gasteiger partial charge >= 0.3 is 0 Å². The van der Waals surface area contributed by atoms with E-state index in [1.807, 2.05) is 36.4 Å². The lowest BCUT2D eigenvalue weighted by Gasteiger charge is -2.18. The van der Waals surface area contributed by atoms with Crippen molar-refractivity contribution in [3.8, 4) is 11.5 Å². The second kappa shape index (κ2) is 9.60. The van der Waals surface area contributed by atoms with E-state index in [4.69, 9.17) is 25.8 Å². The second-order valence-corrected chi connectivity index (χ2v) is 7.53. The van der Waals surface area contributed by atoms with Crippen molar-refractivity contribution in [3.05, 3.63) is 57.0 Å². The summed E-state index contributed by atoms with van der Waals surface area (Å²) in [5.41, 5.74) is 2.04. The highest BCUT2D eigenvalue weighted by atomic mass is 79.9. The van der Waals surface area contributed by atoms with Gasteiger partial charge in [0.2, 0.25) is 0 Å². The Hall–Kier alpha value is -1.27. The molecule has 26 heavy (non-hydrogen) atoms. The van der Waals surface area contributed by atoms with Gasteiger partial charge in [0.1, 0.15) is 6.61 Å². The summed E-state index contributed by atoms with van der Waals surface area (Å²) in [6.45, 7) is 2.79. The quantitative estimate of drug-likeness (QED) is 0.630. The molecule has 1 saturated heterocycles. The van der Waals surface area contributed by atoms with Crippen molar-refractivity contribution in [1.29, 1.82) is 0 Å². The van der Waals surface area contributed by atoms with Crippen LogP contribution in [0.3, 0.4) is 0 Å². The third-order valence-corrected chi connectivity index (χ3v) is 5.34. The summed E-state index contributed by atoms with van der Waals surface area (Å²) in [6.07, 6.45) is 2.56. The monoisotopic (exact) mass is 439 g/mol. The average Bonchev–Trinajstić information content (AvgIpc) is 3.15. The number of hydrogen-bond donors (Lipinski definition) is 1. The van der Waals surface area contributed by atoms with E-state index in [2.05, 4.69) is 21.2 Å². The third-order valence-electron chi connectivity index (χ3n) is 4.36. The molecular weight excluding hydrogens is 418 g/mol. The van der Waals surface area contributed by atoms with Gasteiger partial charge < -0.3 is 19.5 Å². The third kappa shape index (κ3) is 5.13. The second-order valence-electron chi connectivity index (χ2n) is 6.24. The van der Waals surface area contributed by atoms with Gasteiger partial charge in [-0.05, 0) is 42.7 Å². The predicted molar refractivity (Wildman–Crippen MR) is 107 cm³/mol. The zero-order chi connectivity index (χ0) is 18.4. The fraction of sp³-hybridized carbons (Fsp3) is 0.400. The van der Waals surface area contributed by atoms with E-state index in [0.717, 1.165) is 47.3 Å². The minimum atomic E-state index is 0.301. The van der Waals surface area contributed by atoms with Gasteiger partial charge in [-0.15, -0.1) is 0 Å². The molecule has 1 N–H and O–H groups in total. The van der Waals surface area contributed by atoms with Crippen LogP contribution in [0, 0.1) is 0 Å². The fourth-order valence-electron chi connectivity index (χ4n) is 3.01. The van der Waals surface area contributed by atoms with Crippen molar-refractivity contribution >= 4 is 27.5 Å². The molecule has 0 bridgehead atoms. The molecule has 1 unspecified atom stereocenters. The van der Waals surface area contributed by atoms with Crippen molar-refractivity contribution in [2.75, 3.05) is 20.3 Å². The first-order valence-electron chi connectivity index (χ1n) is 8.72. The van der Waals surface area contributed by atoms with Gasteiger partial charge in [-0.1, -0.05) is 39.7 Å². The normalized spacial score (nSPS) is 16.7. The number of nitrogens with one attached hydrogen (secondary N) is 1. The largest absolute Gasteiger partial charge is 0.493 e. The SMILES string of the molecule is COc1ccc(Br)c(CNCC2CCCO2)c1OCc1cccc(Cl)c1. The van der Waals surface area contributed by atoms with Crippen molar-refractivity contribution < 1.29 is 14.2 Å². The minimum absolute atomic E-state index is 0.301. The summed E-state index contributed by atoms with van der Waals surface area (Å²) < 4.78 is 18.3. The van der Waals surface area contributed by atoms with Crippen LogP contribution in [0.25, 0.3) is 0 Å². The van der Waals surface area contributed by atoms with Crippen LogP contribution in [0.15, 0.2) is 40.9 Å². The molecule has 2 aromatic rings. The van der Waals surface area contributed by atoms with Crippen molar-refractivity contribution in [3.63, 3.8) is 0 Å². The Morgan fingerprint density at radius 1 is 1.31 bits per heavy atom. The van der Waals surface area contributed by atoms with E-state index in [0.29, 0.717) is 30.0 Å². The molecule has 0 aliphatic carbocycles. The average molecular weight is 441 g/mol. The van der Waals surface area contributed by atoms with Gasteiger partial charge in [-0.25, -0.2) is 0 Å². The van der Waals surface area contributed by atoms with Crippen LogP contribution < -0.4 is 14.8 Å². The lowest BCUT2D eigenvalue weighted by molar-refractivity contribution is 0.110. The van der Waals surface area contributed by atoms with E-state index in [9.17, 15) is 0 Å². The van der Waals surface area contributed by atoms with Crippen LogP contribution in [0.2, 0.25) is 5.02 Å². The molecule has 1 fully saturated rings. The van der Waals surface area contributed by atoms with Gasteiger partial charge in [0.25, 0.3) is 0 Å². The molecule has 0 spiro atoms. The molecule has 0 amide bonds. The fourth-order valence-corrected chi connectivity index (χ4v) is 3.68. The summed E-state index contributed by atoms with van der Waals surface area (Å²) in [5, 5.41) is 4.17. The number of rotatable bonds is 8. The van der Waals surface area contributed by atoms with Gasteiger partial charge in [-0.3, -0.25) is 0 Å². The molecule has 1 aliphatic heterocycles. The predicted octanol–water partition coefficient (Wildman–Crippen LogP) is 4.96. The Bertz CT molecular complexity index is 735. The van der Waals surface area contributed by atoms with Crippen LogP contribution in [0.4, 0.5) is 0 Å². The summed E-state index contributed by atoms with van der Waals surface area (Å²) in [4.78, 5) is 0. The lowest BCUT2D eigenvalue weighted by Crippen LogP contribution is -2.26. The van der Waals surface area contributed by atoms with Crippen LogP contribution in [0.5, 0.6) is 11.5 Å². The molecule has 1 aliphatic rings. The highest BCUT2D eigenvalue weighted by Crippen LogP contribution is 2.37. The molecule has 0 radical (unpaired) electrons. The minimum Gasteiger partial charge on any atom is -0.493 e. The van der Waals surface area contributed by atoms with Crippen LogP contribution in [-0.2, 0) is 17.9 Å². The topological polar surface area (TPSA) is 39.7 Å². The van der Waals surface area contributed by atoms with Gasteiger partial charge in [-0.2, -0.15) is 0 Å². The summed E-state index contributed by atoms with van der Waals surface area (Å²) in [7, 11) is 1.65.